The van der Waals surface area contributed by atoms with Gasteiger partial charge in [-0.25, -0.2) is 4.98 Å². The first-order valence-corrected chi connectivity index (χ1v) is 8.57. The van der Waals surface area contributed by atoms with Gasteiger partial charge in [0.15, 0.2) is 0 Å². The highest BCUT2D eigenvalue weighted by atomic mass is 35.5. The number of halogens is 1. The van der Waals surface area contributed by atoms with Crippen LogP contribution in [-0.4, -0.2) is 4.98 Å². The van der Waals surface area contributed by atoms with E-state index in [1.54, 1.807) is 6.20 Å². The number of hydrogen-bond donors (Lipinski definition) is 0. The average molecular weight is 342 g/mol. The monoisotopic (exact) mass is 341 g/mol. The Kier molecular flexibility index (Phi) is 13.2. The summed E-state index contributed by atoms with van der Waals surface area (Å²) in [4.78, 5) is 3.81. The standard InChI is InChI=1S/2C7H8.C6H6ClN.C2H6/c2*1-7-5-3-2-4-6-7;1-5-2-3-8-6(7)4-5;1-2/h2*2-6H,1H3;2-4H,1H3;1-2H3. The third kappa shape index (κ3) is 12.4. The highest BCUT2D eigenvalue weighted by Crippen LogP contribution is 2.04. The molecule has 1 heterocycles. The number of aromatic nitrogens is 1. The summed E-state index contributed by atoms with van der Waals surface area (Å²) in [6, 6.07) is 24.3. The molecule has 0 N–H and O–H groups in total. The average Bonchev–Trinajstić information content (AvgIpc) is 2.59. The molecule has 0 atom stereocenters. The molecule has 0 saturated carbocycles. The molecule has 0 aliphatic heterocycles. The van der Waals surface area contributed by atoms with Crippen molar-refractivity contribution in [1.29, 1.82) is 0 Å². The maximum atomic E-state index is 5.53. The van der Waals surface area contributed by atoms with Gasteiger partial charge in [-0.1, -0.05) is 97.2 Å². The van der Waals surface area contributed by atoms with Crippen molar-refractivity contribution in [3.05, 3.63) is 101 Å². The van der Waals surface area contributed by atoms with Gasteiger partial charge in [0.2, 0.25) is 0 Å². The van der Waals surface area contributed by atoms with Crippen LogP contribution in [0.3, 0.4) is 0 Å². The maximum Gasteiger partial charge on any atom is 0.129 e. The smallest absolute Gasteiger partial charge is 0.129 e. The molecule has 3 rings (SSSR count). The SMILES string of the molecule is CC.Cc1ccccc1.Cc1ccccc1.Cc1ccnc(Cl)c1. The van der Waals surface area contributed by atoms with Crippen LogP contribution in [0.2, 0.25) is 5.15 Å². The van der Waals surface area contributed by atoms with Crippen molar-refractivity contribution >= 4 is 11.6 Å². The van der Waals surface area contributed by atoms with Crippen molar-refractivity contribution in [2.24, 2.45) is 0 Å². The van der Waals surface area contributed by atoms with E-state index in [-0.39, 0.29) is 0 Å². The summed E-state index contributed by atoms with van der Waals surface area (Å²) in [7, 11) is 0. The van der Waals surface area contributed by atoms with Crippen LogP contribution in [0.5, 0.6) is 0 Å². The molecule has 0 aliphatic carbocycles. The zero-order valence-corrected chi connectivity index (χ0v) is 16.1. The molecule has 0 bridgehead atoms. The van der Waals surface area contributed by atoms with Crippen molar-refractivity contribution in [2.45, 2.75) is 34.6 Å². The minimum Gasteiger partial charge on any atom is -0.245 e. The molecule has 2 heteroatoms. The first kappa shape index (κ1) is 21.9. The maximum absolute atomic E-state index is 5.53. The molecular weight excluding hydrogens is 314 g/mol. The normalized spacial score (nSPS) is 8.42. The van der Waals surface area contributed by atoms with Gasteiger partial charge in [0, 0.05) is 6.20 Å². The Labute approximate surface area is 152 Å². The van der Waals surface area contributed by atoms with Crippen LogP contribution >= 0.6 is 11.6 Å². The van der Waals surface area contributed by atoms with Crippen molar-refractivity contribution < 1.29 is 0 Å². The summed E-state index contributed by atoms with van der Waals surface area (Å²) in [5.41, 5.74) is 3.79. The zero-order valence-electron chi connectivity index (χ0n) is 15.3. The second-order valence-corrected chi connectivity index (χ2v) is 5.35. The predicted octanol–water partition coefficient (Wildman–Crippen LogP) is 7.06. The van der Waals surface area contributed by atoms with Gasteiger partial charge in [-0.15, -0.1) is 0 Å². The van der Waals surface area contributed by atoms with E-state index in [4.69, 9.17) is 11.6 Å². The Balaban J connectivity index is 0.000000315. The number of nitrogens with zero attached hydrogens (tertiary/aromatic N) is 1. The molecule has 0 amide bonds. The molecule has 3 aromatic rings. The van der Waals surface area contributed by atoms with E-state index in [2.05, 4.69) is 43.1 Å². The third-order valence-corrected chi connectivity index (χ3v) is 2.97. The first-order chi connectivity index (χ1) is 11.6. The lowest BCUT2D eigenvalue weighted by Gasteiger charge is -1.88. The lowest BCUT2D eigenvalue weighted by molar-refractivity contribution is 1.29. The van der Waals surface area contributed by atoms with E-state index >= 15 is 0 Å². The Morgan fingerprint density at radius 2 is 1.04 bits per heavy atom. The molecule has 0 aliphatic rings. The summed E-state index contributed by atoms with van der Waals surface area (Å²) in [6.07, 6.45) is 1.69. The molecule has 0 fully saturated rings. The van der Waals surface area contributed by atoms with Crippen LogP contribution in [0.1, 0.15) is 30.5 Å². The van der Waals surface area contributed by atoms with E-state index in [1.807, 2.05) is 69.3 Å². The van der Waals surface area contributed by atoms with Crippen LogP contribution in [0.15, 0.2) is 79.0 Å². The van der Waals surface area contributed by atoms with E-state index < -0.39 is 0 Å². The van der Waals surface area contributed by atoms with Crippen molar-refractivity contribution in [3.63, 3.8) is 0 Å². The number of hydrogen-bond acceptors (Lipinski definition) is 1. The van der Waals surface area contributed by atoms with Gasteiger partial charge in [-0.2, -0.15) is 0 Å². The lowest BCUT2D eigenvalue weighted by Crippen LogP contribution is -1.73. The third-order valence-electron chi connectivity index (χ3n) is 2.76. The predicted molar refractivity (Wildman–Crippen MR) is 108 cm³/mol. The van der Waals surface area contributed by atoms with Gasteiger partial charge in [-0.3, -0.25) is 0 Å². The highest BCUT2D eigenvalue weighted by molar-refractivity contribution is 6.29. The summed E-state index contributed by atoms with van der Waals surface area (Å²) in [5, 5.41) is 0.560. The van der Waals surface area contributed by atoms with Crippen LogP contribution in [0, 0.1) is 20.8 Å². The molecule has 24 heavy (non-hydrogen) atoms. The Morgan fingerprint density at radius 3 is 1.25 bits per heavy atom. The minimum absolute atomic E-state index is 0.560. The quantitative estimate of drug-likeness (QED) is 0.399. The van der Waals surface area contributed by atoms with Gasteiger partial charge in [-0.05, 0) is 38.5 Å². The van der Waals surface area contributed by atoms with Crippen molar-refractivity contribution in [3.8, 4) is 0 Å². The number of aryl methyl sites for hydroxylation is 3. The van der Waals surface area contributed by atoms with Crippen LogP contribution in [-0.2, 0) is 0 Å². The van der Waals surface area contributed by atoms with E-state index in [0.29, 0.717) is 5.15 Å². The number of rotatable bonds is 0. The molecule has 0 spiro atoms. The second-order valence-electron chi connectivity index (χ2n) is 4.97. The van der Waals surface area contributed by atoms with Gasteiger partial charge in [0.05, 0.1) is 0 Å². The minimum atomic E-state index is 0.560. The lowest BCUT2D eigenvalue weighted by atomic mass is 10.2. The fourth-order valence-corrected chi connectivity index (χ4v) is 1.80. The van der Waals surface area contributed by atoms with Gasteiger partial charge in [0.1, 0.15) is 5.15 Å². The van der Waals surface area contributed by atoms with Crippen molar-refractivity contribution in [2.75, 3.05) is 0 Å². The van der Waals surface area contributed by atoms with E-state index in [1.165, 1.54) is 11.1 Å². The second kappa shape index (κ2) is 14.5. The summed E-state index contributed by atoms with van der Waals surface area (Å²) in [5.74, 6) is 0. The Bertz CT molecular complexity index is 582. The van der Waals surface area contributed by atoms with Crippen LogP contribution in [0.25, 0.3) is 0 Å². The molecule has 0 saturated heterocycles. The fourth-order valence-electron chi connectivity index (χ4n) is 1.57. The summed E-state index contributed by atoms with van der Waals surface area (Å²) < 4.78 is 0. The van der Waals surface area contributed by atoms with Crippen LogP contribution in [0.4, 0.5) is 0 Å². The molecule has 2 aromatic carbocycles. The van der Waals surface area contributed by atoms with E-state index in [9.17, 15) is 0 Å². The van der Waals surface area contributed by atoms with Crippen molar-refractivity contribution in [1.82, 2.24) is 4.98 Å². The molecule has 1 aromatic heterocycles. The molecule has 128 valence electrons. The van der Waals surface area contributed by atoms with Gasteiger partial charge < -0.3 is 0 Å². The summed E-state index contributed by atoms with van der Waals surface area (Å²) in [6.45, 7) is 10.1. The fraction of sp³-hybridized carbons (Fsp3) is 0.227. The first-order valence-electron chi connectivity index (χ1n) is 8.19. The number of pyridine rings is 1. The summed E-state index contributed by atoms with van der Waals surface area (Å²) >= 11 is 5.53. The Morgan fingerprint density at radius 1 is 0.625 bits per heavy atom. The largest absolute Gasteiger partial charge is 0.245 e. The highest BCUT2D eigenvalue weighted by Gasteiger charge is 1.84. The van der Waals surface area contributed by atoms with E-state index in [0.717, 1.165) is 5.56 Å². The molecule has 0 unspecified atom stereocenters. The number of benzene rings is 2. The zero-order chi connectivity index (χ0) is 18.2. The molecule has 1 nitrogen and oxygen atoms in total. The molecule has 0 radical (unpaired) electrons. The van der Waals surface area contributed by atoms with Crippen LogP contribution < -0.4 is 0 Å². The Hall–Kier alpha value is -2.12. The van der Waals surface area contributed by atoms with Gasteiger partial charge in [0.25, 0.3) is 0 Å². The molecular formula is C22H28ClN. The topological polar surface area (TPSA) is 12.9 Å². The van der Waals surface area contributed by atoms with Gasteiger partial charge >= 0.3 is 0 Å².